The Labute approximate surface area is 204 Å². The summed E-state index contributed by atoms with van der Waals surface area (Å²) in [6, 6.07) is 21.2. The van der Waals surface area contributed by atoms with Gasteiger partial charge >= 0.3 is 0 Å². The molecule has 1 aliphatic rings. The number of hydrogen-bond donors (Lipinski definition) is 1. The van der Waals surface area contributed by atoms with Crippen LogP contribution in [0.15, 0.2) is 87.9 Å². The number of furan rings is 1. The molecule has 5 nitrogen and oxygen atoms in total. The van der Waals surface area contributed by atoms with E-state index in [0.717, 1.165) is 16.9 Å². The van der Waals surface area contributed by atoms with Gasteiger partial charge in [0.15, 0.2) is 5.11 Å². The van der Waals surface area contributed by atoms with E-state index in [1.165, 1.54) is 12.1 Å². The summed E-state index contributed by atoms with van der Waals surface area (Å²) in [7, 11) is 1.63. The third-order valence-corrected chi connectivity index (χ3v) is 6.53. The molecule has 2 aromatic heterocycles. The highest BCUT2D eigenvalue weighted by Gasteiger charge is 2.43. The second kappa shape index (κ2) is 8.96. The lowest BCUT2D eigenvalue weighted by Gasteiger charge is -2.27. The second-order valence-corrected chi connectivity index (χ2v) is 8.74. The highest BCUT2D eigenvalue weighted by molar-refractivity contribution is 9.10. The molecule has 4 aromatic rings. The highest BCUT2D eigenvalue weighted by atomic mass is 79.9. The zero-order valence-electron chi connectivity index (χ0n) is 17.5. The number of pyridine rings is 1. The van der Waals surface area contributed by atoms with Crippen molar-refractivity contribution >= 4 is 38.9 Å². The Balaban J connectivity index is 1.63. The zero-order chi connectivity index (χ0) is 22.9. The second-order valence-electron chi connectivity index (χ2n) is 7.49. The lowest BCUT2D eigenvalue weighted by Crippen LogP contribution is -2.29. The average Bonchev–Trinajstić information content (AvgIpc) is 3.44. The quantitative estimate of drug-likeness (QED) is 0.304. The van der Waals surface area contributed by atoms with Crippen LogP contribution in [-0.4, -0.2) is 17.2 Å². The van der Waals surface area contributed by atoms with Crippen LogP contribution in [0.2, 0.25) is 0 Å². The van der Waals surface area contributed by atoms with Gasteiger partial charge in [0, 0.05) is 16.2 Å². The van der Waals surface area contributed by atoms with E-state index >= 15 is 0 Å². The van der Waals surface area contributed by atoms with Crippen molar-refractivity contribution in [1.82, 2.24) is 10.3 Å². The maximum absolute atomic E-state index is 13.6. The Hall–Kier alpha value is -3.23. The van der Waals surface area contributed by atoms with Crippen LogP contribution in [0.25, 0.3) is 11.3 Å². The number of thiocarbonyl (C=S) groups is 1. The normalized spacial score (nSPS) is 17.8. The fourth-order valence-electron chi connectivity index (χ4n) is 4.08. The van der Waals surface area contributed by atoms with Gasteiger partial charge in [0.2, 0.25) is 0 Å². The minimum atomic E-state index is -0.323. The van der Waals surface area contributed by atoms with Crippen molar-refractivity contribution in [2.75, 3.05) is 12.0 Å². The Morgan fingerprint density at radius 1 is 1.09 bits per heavy atom. The molecule has 0 saturated carbocycles. The van der Waals surface area contributed by atoms with Crippen molar-refractivity contribution in [2.24, 2.45) is 0 Å². The third-order valence-electron chi connectivity index (χ3n) is 5.56. The molecule has 1 N–H and O–H groups in total. The maximum atomic E-state index is 13.6. The lowest BCUT2D eigenvalue weighted by molar-refractivity contribution is 0.409. The number of aromatic nitrogens is 1. The first-order valence-corrected chi connectivity index (χ1v) is 11.5. The molecule has 1 saturated heterocycles. The number of nitrogens with zero attached hydrogens (tertiary/aromatic N) is 2. The molecule has 0 spiro atoms. The van der Waals surface area contributed by atoms with Crippen LogP contribution in [0, 0.1) is 5.82 Å². The van der Waals surface area contributed by atoms with E-state index in [4.69, 9.17) is 21.4 Å². The smallest absolute Gasteiger partial charge is 0.174 e. The highest BCUT2D eigenvalue weighted by Crippen LogP contribution is 2.45. The van der Waals surface area contributed by atoms with Crippen molar-refractivity contribution in [3.05, 3.63) is 101 Å². The van der Waals surface area contributed by atoms with E-state index < -0.39 is 0 Å². The van der Waals surface area contributed by atoms with E-state index in [9.17, 15) is 4.39 Å². The van der Waals surface area contributed by atoms with E-state index in [2.05, 4.69) is 26.2 Å². The minimum Gasteiger partial charge on any atom is -0.495 e. The predicted octanol–water partition coefficient (Wildman–Crippen LogP) is 6.43. The molecule has 0 bridgehead atoms. The number of anilines is 1. The number of benzene rings is 2. The molecule has 5 rings (SSSR count). The summed E-state index contributed by atoms with van der Waals surface area (Å²) in [5.74, 6) is 1.69. The number of para-hydroxylation sites is 2. The van der Waals surface area contributed by atoms with Gasteiger partial charge in [-0.3, -0.25) is 4.98 Å². The predicted molar refractivity (Wildman–Crippen MR) is 133 cm³/mol. The summed E-state index contributed by atoms with van der Waals surface area (Å²) < 4.78 is 26.2. The van der Waals surface area contributed by atoms with Crippen LogP contribution in [-0.2, 0) is 0 Å². The molecule has 1 aliphatic heterocycles. The van der Waals surface area contributed by atoms with Crippen LogP contribution in [0.4, 0.5) is 10.1 Å². The van der Waals surface area contributed by atoms with Gasteiger partial charge < -0.3 is 19.4 Å². The van der Waals surface area contributed by atoms with Gasteiger partial charge in [-0.25, -0.2) is 4.39 Å². The van der Waals surface area contributed by atoms with Gasteiger partial charge in [0.1, 0.15) is 29.1 Å². The summed E-state index contributed by atoms with van der Waals surface area (Å²) in [4.78, 5) is 6.56. The molecular weight excluding hydrogens is 505 g/mol. The molecule has 2 atom stereocenters. The van der Waals surface area contributed by atoms with Crippen LogP contribution < -0.4 is 15.0 Å². The Morgan fingerprint density at radius 2 is 1.91 bits per heavy atom. The SMILES string of the molecule is COc1ccccc1N1C(=S)N[C@H](c2ccccn2)[C@@H]1c1ccc(-c2ccc(F)cc2Br)o1. The van der Waals surface area contributed by atoms with Gasteiger partial charge in [-0.05, 0) is 82.7 Å². The van der Waals surface area contributed by atoms with Crippen LogP contribution in [0.3, 0.4) is 0 Å². The molecule has 2 aromatic carbocycles. The van der Waals surface area contributed by atoms with E-state index in [1.807, 2.05) is 59.5 Å². The van der Waals surface area contributed by atoms with Crippen molar-refractivity contribution in [3.8, 4) is 17.1 Å². The maximum Gasteiger partial charge on any atom is 0.174 e. The Kier molecular flexibility index (Phi) is 5.86. The number of nitrogens with one attached hydrogen (secondary N) is 1. The van der Waals surface area contributed by atoms with Gasteiger partial charge in [-0.1, -0.05) is 18.2 Å². The van der Waals surface area contributed by atoms with Gasteiger partial charge in [-0.2, -0.15) is 0 Å². The summed E-state index contributed by atoms with van der Waals surface area (Å²) >= 11 is 9.19. The first-order chi connectivity index (χ1) is 16.1. The molecule has 0 aliphatic carbocycles. The van der Waals surface area contributed by atoms with E-state index in [-0.39, 0.29) is 17.9 Å². The van der Waals surface area contributed by atoms with E-state index in [1.54, 1.807) is 19.4 Å². The molecule has 8 heteroatoms. The number of rotatable bonds is 5. The van der Waals surface area contributed by atoms with Crippen molar-refractivity contribution in [3.63, 3.8) is 0 Å². The van der Waals surface area contributed by atoms with Gasteiger partial charge in [0.25, 0.3) is 0 Å². The molecule has 166 valence electrons. The molecule has 0 unspecified atom stereocenters. The number of ether oxygens (including phenoxy) is 1. The standard InChI is InChI=1S/C25H19BrFN3O2S/c1-31-21-8-3-2-7-19(21)30-24(23(29-25(30)33)18-6-4-5-13-28-18)22-12-11-20(32-22)16-10-9-15(27)14-17(16)26/h2-14,23-24H,1H3,(H,29,33)/t23-,24+/m1/s1. The average molecular weight is 524 g/mol. The summed E-state index contributed by atoms with van der Waals surface area (Å²) in [6.45, 7) is 0. The Bertz CT molecular complexity index is 1310. The molecule has 3 heterocycles. The summed E-state index contributed by atoms with van der Waals surface area (Å²) in [6.07, 6.45) is 1.76. The zero-order valence-corrected chi connectivity index (χ0v) is 19.9. The van der Waals surface area contributed by atoms with Crippen molar-refractivity contribution < 1.29 is 13.5 Å². The van der Waals surface area contributed by atoms with Crippen LogP contribution in [0.5, 0.6) is 5.75 Å². The monoisotopic (exact) mass is 523 g/mol. The summed E-state index contributed by atoms with van der Waals surface area (Å²) in [5.41, 5.74) is 2.42. The van der Waals surface area contributed by atoms with Crippen LogP contribution in [0.1, 0.15) is 23.5 Å². The largest absolute Gasteiger partial charge is 0.495 e. The van der Waals surface area contributed by atoms with Gasteiger partial charge in [-0.15, -0.1) is 0 Å². The Morgan fingerprint density at radius 3 is 2.67 bits per heavy atom. The molecular formula is C25H19BrFN3O2S. The third kappa shape index (κ3) is 4.00. The number of halogens is 2. The molecule has 33 heavy (non-hydrogen) atoms. The number of hydrogen-bond acceptors (Lipinski definition) is 4. The van der Waals surface area contributed by atoms with Crippen LogP contribution >= 0.6 is 28.1 Å². The van der Waals surface area contributed by atoms with Crippen molar-refractivity contribution in [1.29, 1.82) is 0 Å². The fourth-order valence-corrected chi connectivity index (χ4v) is 4.96. The molecule has 0 amide bonds. The first kappa shape index (κ1) is 21.6. The topological polar surface area (TPSA) is 50.5 Å². The molecule has 1 fully saturated rings. The first-order valence-electron chi connectivity index (χ1n) is 10.3. The minimum absolute atomic E-state index is 0.251. The fraction of sp³-hybridized carbons (Fsp3) is 0.120. The summed E-state index contributed by atoms with van der Waals surface area (Å²) in [5, 5.41) is 3.95. The van der Waals surface area contributed by atoms with Crippen molar-refractivity contribution in [2.45, 2.75) is 12.1 Å². The van der Waals surface area contributed by atoms with E-state index in [0.29, 0.717) is 26.9 Å². The number of methoxy groups -OCH3 is 1. The van der Waals surface area contributed by atoms with Gasteiger partial charge in [0.05, 0.1) is 24.5 Å². The lowest BCUT2D eigenvalue weighted by atomic mass is 10.0. The molecule has 0 radical (unpaired) electrons.